The molecular formula is C11H13F2NO4. The van der Waals surface area contributed by atoms with Crippen LogP contribution in [0, 0.1) is 11.6 Å². The maximum Gasteiger partial charge on any atom is 0.308 e. The van der Waals surface area contributed by atoms with Crippen LogP contribution in [0.15, 0.2) is 12.1 Å². The molecule has 0 fully saturated rings. The van der Waals surface area contributed by atoms with E-state index in [0.717, 1.165) is 13.2 Å². The number of carbonyl (C=O) groups excluding carboxylic acids is 1. The molecule has 0 spiro atoms. The van der Waals surface area contributed by atoms with Gasteiger partial charge < -0.3 is 20.7 Å². The molecule has 0 heterocycles. The van der Waals surface area contributed by atoms with Gasteiger partial charge in [0.15, 0.2) is 0 Å². The lowest BCUT2D eigenvalue weighted by Crippen LogP contribution is -2.23. The number of esters is 1. The van der Waals surface area contributed by atoms with Gasteiger partial charge in [0.05, 0.1) is 25.3 Å². The first-order valence-electron chi connectivity index (χ1n) is 5.04. The molecular weight excluding hydrogens is 248 g/mol. The molecule has 0 aromatic heterocycles. The van der Waals surface area contributed by atoms with Crippen LogP contribution in [0.3, 0.4) is 0 Å². The topological polar surface area (TPSA) is 92.8 Å². The van der Waals surface area contributed by atoms with E-state index in [1.807, 2.05) is 0 Å². The van der Waals surface area contributed by atoms with Gasteiger partial charge in [-0.1, -0.05) is 0 Å². The Balaban J connectivity index is 2.93. The molecule has 1 aromatic carbocycles. The number of aliphatic hydroxyl groups excluding tert-OH is 2. The summed E-state index contributed by atoms with van der Waals surface area (Å²) in [5.74, 6) is -2.79. The minimum Gasteiger partial charge on any atom is -0.469 e. The Bertz CT molecular complexity index is 453. The molecule has 5 nitrogen and oxygen atoms in total. The number of rotatable bonds is 4. The molecule has 1 aromatic rings. The highest BCUT2D eigenvalue weighted by Gasteiger charge is 2.25. The van der Waals surface area contributed by atoms with Crippen LogP contribution in [0.25, 0.3) is 0 Å². The van der Waals surface area contributed by atoms with E-state index in [0.29, 0.717) is 6.07 Å². The number of benzene rings is 1. The van der Waals surface area contributed by atoms with Crippen molar-refractivity contribution >= 4 is 11.7 Å². The number of halogens is 2. The largest absolute Gasteiger partial charge is 0.469 e. The molecule has 0 saturated heterocycles. The Morgan fingerprint density at radius 1 is 1.39 bits per heavy atom. The summed E-state index contributed by atoms with van der Waals surface area (Å²) in [6, 6.07) is 1.37. The fraction of sp³-hybridized carbons (Fsp3) is 0.364. The van der Waals surface area contributed by atoms with E-state index in [-0.39, 0.29) is 11.3 Å². The first kappa shape index (κ1) is 14.3. The van der Waals surface area contributed by atoms with Gasteiger partial charge in [0.25, 0.3) is 0 Å². The lowest BCUT2D eigenvalue weighted by Gasteiger charge is -2.18. The van der Waals surface area contributed by atoms with Gasteiger partial charge in [0.1, 0.15) is 17.7 Å². The third kappa shape index (κ3) is 3.14. The van der Waals surface area contributed by atoms with Crippen molar-refractivity contribution in [3.8, 4) is 0 Å². The predicted molar refractivity (Wildman–Crippen MR) is 58.4 cm³/mol. The lowest BCUT2D eigenvalue weighted by atomic mass is 10.0. The number of carbonyl (C=O) groups is 1. The molecule has 0 aliphatic heterocycles. The summed E-state index contributed by atoms with van der Waals surface area (Å²) in [5.41, 5.74) is 4.48. The summed E-state index contributed by atoms with van der Waals surface area (Å²) in [6.07, 6.45) is -3.79. The van der Waals surface area contributed by atoms with Crippen LogP contribution in [-0.4, -0.2) is 29.4 Å². The molecule has 0 radical (unpaired) electrons. The van der Waals surface area contributed by atoms with E-state index < -0.39 is 36.2 Å². The zero-order valence-corrected chi connectivity index (χ0v) is 9.56. The van der Waals surface area contributed by atoms with Crippen LogP contribution in [0.4, 0.5) is 14.5 Å². The summed E-state index contributed by atoms with van der Waals surface area (Å²) in [6.45, 7) is 0. The molecule has 100 valence electrons. The Morgan fingerprint density at radius 3 is 2.56 bits per heavy atom. The number of aliphatic hydroxyl groups is 2. The van der Waals surface area contributed by atoms with Crippen LogP contribution < -0.4 is 5.73 Å². The summed E-state index contributed by atoms with van der Waals surface area (Å²) in [5, 5.41) is 19.2. The van der Waals surface area contributed by atoms with Crippen molar-refractivity contribution in [3.05, 3.63) is 29.3 Å². The number of hydrogen-bond acceptors (Lipinski definition) is 5. The lowest BCUT2D eigenvalue weighted by molar-refractivity contribution is -0.144. The number of anilines is 1. The Labute approximate surface area is 102 Å². The minimum absolute atomic E-state index is 0.365. The van der Waals surface area contributed by atoms with Gasteiger partial charge in [0, 0.05) is 11.6 Å². The summed E-state index contributed by atoms with van der Waals surface area (Å²) in [7, 11) is 1.11. The van der Waals surface area contributed by atoms with E-state index >= 15 is 0 Å². The van der Waals surface area contributed by atoms with Crippen molar-refractivity contribution in [2.75, 3.05) is 12.8 Å². The summed E-state index contributed by atoms with van der Waals surface area (Å²) in [4.78, 5) is 10.9. The quantitative estimate of drug-likeness (QED) is 0.542. The standard InChI is InChI=1S/C11H13F2NO4/c1-18-10(16)4-9(15)11(17)5-2-8(14)7(13)3-6(5)12/h2-3,9,11,15,17H,4,14H2,1H3. The van der Waals surface area contributed by atoms with Gasteiger partial charge in [-0.25, -0.2) is 8.78 Å². The molecule has 0 saturated carbocycles. The zero-order valence-electron chi connectivity index (χ0n) is 9.56. The van der Waals surface area contributed by atoms with E-state index in [9.17, 15) is 23.8 Å². The number of nitrogens with two attached hydrogens (primary N) is 1. The maximum atomic E-state index is 13.4. The predicted octanol–water partition coefficient (Wildman–Crippen LogP) is 0.504. The number of ether oxygens (including phenoxy) is 1. The average molecular weight is 261 g/mol. The van der Waals surface area contributed by atoms with Crippen molar-refractivity contribution in [1.29, 1.82) is 0 Å². The zero-order chi connectivity index (χ0) is 13.9. The van der Waals surface area contributed by atoms with Gasteiger partial charge in [-0.3, -0.25) is 4.79 Å². The van der Waals surface area contributed by atoms with Crippen molar-refractivity contribution < 1.29 is 28.5 Å². The number of methoxy groups -OCH3 is 1. The molecule has 0 bridgehead atoms. The molecule has 2 unspecified atom stereocenters. The van der Waals surface area contributed by atoms with Crippen molar-refractivity contribution in [2.45, 2.75) is 18.6 Å². The van der Waals surface area contributed by atoms with Gasteiger partial charge in [-0.15, -0.1) is 0 Å². The molecule has 7 heteroatoms. The SMILES string of the molecule is COC(=O)CC(O)C(O)c1cc(N)c(F)cc1F. The second-order valence-corrected chi connectivity index (χ2v) is 3.69. The van der Waals surface area contributed by atoms with E-state index in [1.165, 1.54) is 0 Å². The van der Waals surface area contributed by atoms with Gasteiger partial charge in [-0.05, 0) is 6.07 Å². The van der Waals surface area contributed by atoms with Gasteiger partial charge in [0.2, 0.25) is 0 Å². The monoisotopic (exact) mass is 261 g/mol. The van der Waals surface area contributed by atoms with E-state index in [2.05, 4.69) is 4.74 Å². The highest BCUT2D eigenvalue weighted by molar-refractivity contribution is 5.69. The van der Waals surface area contributed by atoms with Crippen LogP contribution >= 0.6 is 0 Å². The maximum absolute atomic E-state index is 13.4. The number of nitrogen functional groups attached to an aromatic ring is 1. The van der Waals surface area contributed by atoms with Gasteiger partial charge >= 0.3 is 5.97 Å². The first-order valence-corrected chi connectivity index (χ1v) is 5.04. The summed E-state index contributed by atoms with van der Waals surface area (Å²) < 4.78 is 30.6. The molecule has 0 aliphatic rings. The highest BCUT2D eigenvalue weighted by atomic mass is 19.1. The van der Waals surface area contributed by atoms with Crippen LogP contribution in [-0.2, 0) is 9.53 Å². The van der Waals surface area contributed by atoms with Crippen LogP contribution in [0.2, 0.25) is 0 Å². The molecule has 1 rings (SSSR count). The molecule has 0 amide bonds. The fourth-order valence-corrected chi connectivity index (χ4v) is 1.38. The van der Waals surface area contributed by atoms with Crippen LogP contribution in [0.5, 0.6) is 0 Å². The van der Waals surface area contributed by atoms with E-state index in [1.54, 1.807) is 0 Å². The molecule has 4 N–H and O–H groups in total. The van der Waals surface area contributed by atoms with Crippen LogP contribution in [0.1, 0.15) is 18.1 Å². The normalized spacial score (nSPS) is 14.1. The smallest absolute Gasteiger partial charge is 0.308 e. The molecule has 2 atom stereocenters. The third-order valence-electron chi connectivity index (χ3n) is 2.40. The van der Waals surface area contributed by atoms with Gasteiger partial charge in [-0.2, -0.15) is 0 Å². The Hall–Kier alpha value is -1.73. The summed E-state index contributed by atoms with van der Waals surface area (Å²) >= 11 is 0. The van der Waals surface area contributed by atoms with Crippen molar-refractivity contribution in [3.63, 3.8) is 0 Å². The Morgan fingerprint density at radius 2 is 2.00 bits per heavy atom. The minimum atomic E-state index is -1.70. The fourth-order valence-electron chi connectivity index (χ4n) is 1.38. The Kier molecular flexibility index (Phi) is 4.57. The third-order valence-corrected chi connectivity index (χ3v) is 2.40. The van der Waals surface area contributed by atoms with Crippen molar-refractivity contribution in [2.24, 2.45) is 0 Å². The second kappa shape index (κ2) is 5.74. The average Bonchev–Trinajstić information content (AvgIpc) is 2.32. The van der Waals surface area contributed by atoms with E-state index in [4.69, 9.17) is 5.73 Å². The first-order chi connectivity index (χ1) is 8.36. The number of hydrogen-bond donors (Lipinski definition) is 3. The second-order valence-electron chi connectivity index (χ2n) is 3.69. The highest BCUT2D eigenvalue weighted by Crippen LogP contribution is 2.25. The molecule has 18 heavy (non-hydrogen) atoms. The van der Waals surface area contributed by atoms with Crippen molar-refractivity contribution in [1.82, 2.24) is 0 Å². The molecule has 0 aliphatic carbocycles.